The van der Waals surface area contributed by atoms with Gasteiger partial charge in [-0.15, -0.1) is 5.10 Å². The number of rotatable bonds is 4. The van der Waals surface area contributed by atoms with E-state index >= 15 is 0 Å². The molecule has 4 nitrogen and oxygen atoms in total. The van der Waals surface area contributed by atoms with Crippen molar-refractivity contribution in [2.45, 2.75) is 25.4 Å². The zero-order valence-electron chi connectivity index (χ0n) is 9.93. The smallest absolute Gasteiger partial charge is 0.0964 e. The first-order valence-electron chi connectivity index (χ1n) is 5.98. The molecule has 1 heterocycles. The van der Waals surface area contributed by atoms with Crippen LogP contribution in [-0.4, -0.2) is 22.0 Å². The lowest BCUT2D eigenvalue weighted by atomic mass is 9.78. The summed E-state index contributed by atoms with van der Waals surface area (Å²) in [5, 5.41) is 11.4. The second kappa shape index (κ2) is 4.30. The fourth-order valence-corrected chi connectivity index (χ4v) is 2.44. The molecule has 0 spiro atoms. The van der Waals surface area contributed by atoms with Crippen molar-refractivity contribution >= 4 is 0 Å². The molecule has 0 amide bonds. The molecule has 2 aromatic rings. The summed E-state index contributed by atoms with van der Waals surface area (Å²) >= 11 is 0. The number of fused-ring (bicyclic) bond motifs is 1. The molecule has 1 atom stereocenters. The lowest BCUT2D eigenvalue weighted by molar-refractivity contribution is 0.465. The number of nitrogens with zero attached hydrogens (tertiary/aromatic N) is 3. The zero-order valence-corrected chi connectivity index (χ0v) is 9.93. The fraction of sp³-hybridized carbons (Fsp3) is 0.385. The third-order valence-corrected chi connectivity index (χ3v) is 3.31. The van der Waals surface area contributed by atoms with Crippen molar-refractivity contribution in [3.05, 3.63) is 47.3 Å². The minimum Gasteiger partial charge on any atom is -0.314 e. The van der Waals surface area contributed by atoms with E-state index in [1.807, 2.05) is 17.9 Å². The molecule has 1 N–H and O–H groups in total. The van der Waals surface area contributed by atoms with E-state index in [9.17, 15) is 0 Å². The van der Waals surface area contributed by atoms with Crippen molar-refractivity contribution in [2.24, 2.45) is 0 Å². The Morgan fingerprint density at radius 1 is 1.41 bits per heavy atom. The van der Waals surface area contributed by atoms with Gasteiger partial charge < -0.3 is 5.32 Å². The molecule has 1 aliphatic carbocycles. The van der Waals surface area contributed by atoms with Crippen LogP contribution in [0.4, 0.5) is 0 Å². The molecule has 1 unspecified atom stereocenters. The first-order chi connectivity index (χ1) is 8.36. The van der Waals surface area contributed by atoms with Crippen molar-refractivity contribution < 1.29 is 0 Å². The topological polar surface area (TPSA) is 42.7 Å². The number of aromatic nitrogens is 3. The SMILES string of the molecule is CNCc1cn(CC2Cc3ccccc32)nn1. The normalized spacial score (nSPS) is 17.6. The molecule has 1 aromatic heterocycles. The van der Waals surface area contributed by atoms with Gasteiger partial charge in [-0.1, -0.05) is 29.5 Å². The van der Waals surface area contributed by atoms with Crippen LogP contribution in [-0.2, 0) is 19.5 Å². The Morgan fingerprint density at radius 3 is 3.12 bits per heavy atom. The van der Waals surface area contributed by atoms with Crippen molar-refractivity contribution in [3.8, 4) is 0 Å². The Hall–Kier alpha value is -1.68. The average Bonchev–Trinajstić information content (AvgIpc) is 2.74. The maximum atomic E-state index is 4.16. The van der Waals surface area contributed by atoms with E-state index in [0.29, 0.717) is 5.92 Å². The molecule has 3 rings (SSSR count). The Balaban J connectivity index is 1.69. The lowest BCUT2D eigenvalue weighted by Gasteiger charge is -2.29. The number of nitrogens with one attached hydrogen (secondary N) is 1. The van der Waals surface area contributed by atoms with Crippen molar-refractivity contribution in [1.82, 2.24) is 20.3 Å². The van der Waals surface area contributed by atoms with Crippen LogP contribution in [0.15, 0.2) is 30.5 Å². The molecule has 1 aliphatic rings. The van der Waals surface area contributed by atoms with Gasteiger partial charge in [-0.05, 0) is 24.6 Å². The van der Waals surface area contributed by atoms with Gasteiger partial charge in [0.1, 0.15) is 0 Å². The predicted molar refractivity (Wildman–Crippen MR) is 65.7 cm³/mol. The predicted octanol–water partition coefficient (Wildman–Crippen LogP) is 1.34. The summed E-state index contributed by atoms with van der Waals surface area (Å²) in [7, 11) is 1.92. The molecule has 88 valence electrons. The molecule has 0 radical (unpaired) electrons. The van der Waals surface area contributed by atoms with E-state index in [4.69, 9.17) is 0 Å². The molecule has 4 heteroatoms. The second-order valence-electron chi connectivity index (χ2n) is 4.56. The maximum Gasteiger partial charge on any atom is 0.0964 e. The molecular weight excluding hydrogens is 212 g/mol. The number of benzene rings is 1. The third-order valence-electron chi connectivity index (χ3n) is 3.31. The van der Waals surface area contributed by atoms with Crippen LogP contribution in [0.25, 0.3) is 0 Å². The van der Waals surface area contributed by atoms with E-state index < -0.39 is 0 Å². The highest BCUT2D eigenvalue weighted by Gasteiger charge is 2.25. The van der Waals surface area contributed by atoms with Crippen molar-refractivity contribution in [3.63, 3.8) is 0 Å². The summed E-state index contributed by atoms with van der Waals surface area (Å²) in [5.41, 5.74) is 3.95. The van der Waals surface area contributed by atoms with Crippen LogP contribution in [0.5, 0.6) is 0 Å². The highest BCUT2D eigenvalue weighted by Crippen LogP contribution is 2.35. The quantitative estimate of drug-likeness (QED) is 0.858. The van der Waals surface area contributed by atoms with Gasteiger partial charge in [0, 0.05) is 25.2 Å². The second-order valence-corrected chi connectivity index (χ2v) is 4.56. The molecule has 0 bridgehead atoms. The Bertz CT molecular complexity index is 518. The minimum atomic E-state index is 0.607. The van der Waals surface area contributed by atoms with E-state index in [1.54, 1.807) is 0 Å². The largest absolute Gasteiger partial charge is 0.314 e. The summed E-state index contributed by atoms with van der Waals surface area (Å²) in [5.74, 6) is 0.607. The molecule has 17 heavy (non-hydrogen) atoms. The van der Waals surface area contributed by atoms with Crippen LogP contribution in [0.2, 0.25) is 0 Å². The van der Waals surface area contributed by atoms with E-state index in [1.165, 1.54) is 11.1 Å². The Kier molecular flexibility index (Phi) is 2.65. The first-order valence-corrected chi connectivity index (χ1v) is 5.98. The Labute approximate surface area is 101 Å². The first kappa shape index (κ1) is 10.5. The van der Waals surface area contributed by atoms with Crippen molar-refractivity contribution in [2.75, 3.05) is 7.05 Å². The van der Waals surface area contributed by atoms with Gasteiger partial charge in [0.05, 0.1) is 5.69 Å². The molecule has 1 aromatic carbocycles. The fourth-order valence-electron chi connectivity index (χ4n) is 2.44. The highest BCUT2D eigenvalue weighted by atomic mass is 15.4. The van der Waals surface area contributed by atoms with Gasteiger partial charge in [-0.3, -0.25) is 4.68 Å². The van der Waals surface area contributed by atoms with Crippen LogP contribution in [0, 0.1) is 0 Å². The molecule has 0 fully saturated rings. The van der Waals surface area contributed by atoms with Crippen LogP contribution in [0.1, 0.15) is 22.7 Å². The average molecular weight is 228 g/mol. The maximum absolute atomic E-state index is 4.16. The summed E-state index contributed by atoms with van der Waals surface area (Å²) in [6.07, 6.45) is 3.19. The van der Waals surface area contributed by atoms with E-state index in [2.05, 4.69) is 39.9 Å². The number of hydrogen-bond acceptors (Lipinski definition) is 3. The van der Waals surface area contributed by atoms with Gasteiger partial charge in [0.25, 0.3) is 0 Å². The molecule has 0 saturated carbocycles. The van der Waals surface area contributed by atoms with Gasteiger partial charge in [0.2, 0.25) is 0 Å². The summed E-state index contributed by atoms with van der Waals surface area (Å²) in [4.78, 5) is 0. The molecule has 0 aliphatic heterocycles. The highest BCUT2D eigenvalue weighted by molar-refractivity contribution is 5.39. The van der Waals surface area contributed by atoms with Crippen LogP contribution >= 0.6 is 0 Å². The van der Waals surface area contributed by atoms with Gasteiger partial charge >= 0.3 is 0 Å². The lowest BCUT2D eigenvalue weighted by Crippen LogP contribution is -2.22. The summed E-state index contributed by atoms with van der Waals surface area (Å²) in [6.45, 7) is 1.72. The monoisotopic (exact) mass is 228 g/mol. The van der Waals surface area contributed by atoms with Gasteiger partial charge in [-0.25, -0.2) is 0 Å². The third kappa shape index (κ3) is 1.96. The molecular formula is C13H16N4. The number of hydrogen-bond donors (Lipinski definition) is 1. The van der Waals surface area contributed by atoms with E-state index in [-0.39, 0.29) is 0 Å². The summed E-state index contributed by atoms with van der Waals surface area (Å²) in [6, 6.07) is 8.64. The van der Waals surface area contributed by atoms with Crippen LogP contribution in [0.3, 0.4) is 0 Å². The zero-order chi connectivity index (χ0) is 11.7. The van der Waals surface area contributed by atoms with Crippen molar-refractivity contribution in [1.29, 1.82) is 0 Å². The van der Waals surface area contributed by atoms with Crippen LogP contribution < -0.4 is 5.32 Å². The van der Waals surface area contributed by atoms with E-state index in [0.717, 1.165) is 25.2 Å². The minimum absolute atomic E-state index is 0.607. The van der Waals surface area contributed by atoms with Gasteiger partial charge in [-0.2, -0.15) is 0 Å². The summed E-state index contributed by atoms with van der Waals surface area (Å²) < 4.78 is 1.95. The van der Waals surface area contributed by atoms with Gasteiger partial charge in [0.15, 0.2) is 0 Å². The molecule has 0 saturated heterocycles. The standard InChI is InChI=1S/C13H16N4/c1-14-7-12-9-17(16-15-12)8-11-6-10-4-2-3-5-13(10)11/h2-5,9,11,14H,6-8H2,1H3. The Morgan fingerprint density at radius 2 is 2.29 bits per heavy atom.